The SMILES string of the molecule is Cc1cc(CSc2ccccc2)ccc1NC(=O)CN(c1ccc(Cl)cc1)S(C)(=O)=O. The third-order valence-corrected chi connectivity index (χ3v) is 6.99. The zero-order chi connectivity index (χ0) is 22.4. The molecule has 162 valence electrons. The number of thioether (sulfide) groups is 1. The van der Waals surface area contributed by atoms with Crippen molar-refractivity contribution in [2.75, 3.05) is 22.4 Å². The molecule has 0 aromatic heterocycles. The third-order valence-electron chi connectivity index (χ3n) is 4.52. The van der Waals surface area contributed by atoms with E-state index in [1.165, 1.54) is 4.90 Å². The fraction of sp³-hybridized carbons (Fsp3) is 0.174. The first-order valence-electron chi connectivity index (χ1n) is 9.53. The fourth-order valence-electron chi connectivity index (χ4n) is 2.97. The van der Waals surface area contributed by atoms with Crippen LogP contribution in [0.5, 0.6) is 0 Å². The van der Waals surface area contributed by atoms with Gasteiger partial charge in [-0.1, -0.05) is 41.9 Å². The quantitative estimate of drug-likeness (QED) is 0.447. The van der Waals surface area contributed by atoms with E-state index in [9.17, 15) is 13.2 Å². The van der Waals surface area contributed by atoms with Crippen LogP contribution in [0.3, 0.4) is 0 Å². The van der Waals surface area contributed by atoms with Crippen LogP contribution in [0, 0.1) is 6.92 Å². The van der Waals surface area contributed by atoms with Gasteiger partial charge in [0.05, 0.1) is 11.9 Å². The lowest BCUT2D eigenvalue weighted by molar-refractivity contribution is -0.114. The molecule has 3 aromatic rings. The van der Waals surface area contributed by atoms with Crippen molar-refractivity contribution in [3.05, 3.63) is 88.9 Å². The van der Waals surface area contributed by atoms with E-state index in [2.05, 4.69) is 17.4 Å². The Hall–Kier alpha value is -2.48. The molecule has 0 bridgehead atoms. The van der Waals surface area contributed by atoms with Crippen molar-refractivity contribution in [2.24, 2.45) is 0 Å². The summed E-state index contributed by atoms with van der Waals surface area (Å²) in [7, 11) is -3.64. The highest BCUT2D eigenvalue weighted by Crippen LogP contribution is 2.25. The van der Waals surface area contributed by atoms with Gasteiger partial charge in [0.2, 0.25) is 15.9 Å². The smallest absolute Gasteiger partial charge is 0.245 e. The highest BCUT2D eigenvalue weighted by Gasteiger charge is 2.21. The molecule has 0 spiro atoms. The first kappa shape index (κ1) is 23.2. The minimum absolute atomic E-state index is 0.328. The molecule has 3 rings (SSSR count). The Labute approximate surface area is 192 Å². The molecule has 0 saturated carbocycles. The summed E-state index contributed by atoms with van der Waals surface area (Å²) in [6, 6.07) is 22.3. The predicted octanol–water partition coefficient (Wildman–Crippen LogP) is 5.35. The van der Waals surface area contributed by atoms with Gasteiger partial charge < -0.3 is 5.32 Å². The van der Waals surface area contributed by atoms with Crippen LogP contribution >= 0.6 is 23.4 Å². The number of nitrogens with one attached hydrogen (secondary N) is 1. The summed E-state index contributed by atoms with van der Waals surface area (Å²) >= 11 is 7.62. The van der Waals surface area contributed by atoms with E-state index in [1.807, 2.05) is 43.3 Å². The largest absolute Gasteiger partial charge is 0.324 e. The summed E-state index contributed by atoms with van der Waals surface area (Å²) in [4.78, 5) is 13.8. The normalized spacial score (nSPS) is 11.2. The number of benzene rings is 3. The number of anilines is 2. The van der Waals surface area contributed by atoms with Gasteiger partial charge in [0.25, 0.3) is 0 Å². The van der Waals surface area contributed by atoms with Crippen LogP contribution in [0.4, 0.5) is 11.4 Å². The molecule has 0 atom stereocenters. The predicted molar refractivity (Wildman–Crippen MR) is 129 cm³/mol. The van der Waals surface area contributed by atoms with Crippen LogP contribution in [0.15, 0.2) is 77.7 Å². The van der Waals surface area contributed by atoms with Crippen molar-refractivity contribution >= 4 is 50.7 Å². The van der Waals surface area contributed by atoms with E-state index >= 15 is 0 Å². The minimum atomic E-state index is -3.64. The number of carbonyl (C=O) groups excluding carboxylic acids is 1. The Bertz CT molecular complexity index is 1150. The Morgan fingerprint density at radius 2 is 1.71 bits per heavy atom. The van der Waals surface area contributed by atoms with Gasteiger partial charge in [-0.3, -0.25) is 9.10 Å². The second kappa shape index (κ2) is 10.2. The number of sulfonamides is 1. The second-order valence-electron chi connectivity index (χ2n) is 7.05. The molecular formula is C23H23ClN2O3S2. The van der Waals surface area contributed by atoms with Gasteiger partial charge in [0.1, 0.15) is 6.54 Å². The van der Waals surface area contributed by atoms with Crippen molar-refractivity contribution < 1.29 is 13.2 Å². The number of aryl methyl sites for hydroxylation is 1. The summed E-state index contributed by atoms with van der Waals surface area (Å²) in [5.74, 6) is 0.396. The number of hydrogen-bond donors (Lipinski definition) is 1. The van der Waals surface area contributed by atoms with Gasteiger partial charge in [-0.05, 0) is 60.5 Å². The van der Waals surface area contributed by atoms with E-state index in [0.717, 1.165) is 27.4 Å². The lowest BCUT2D eigenvalue weighted by Crippen LogP contribution is -2.37. The zero-order valence-electron chi connectivity index (χ0n) is 17.2. The van der Waals surface area contributed by atoms with Gasteiger partial charge in [-0.2, -0.15) is 0 Å². The van der Waals surface area contributed by atoms with E-state index < -0.39 is 15.9 Å². The fourth-order valence-corrected chi connectivity index (χ4v) is 4.81. The van der Waals surface area contributed by atoms with Crippen LogP contribution in [-0.4, -0.2) is 27.1 Å². The van der Waals surface area contributed by atoms with Crippen LogP contribution < -0.4 is 9.62 Å². The zero-order valence-corrected chi connectivity index (χ0v) is 19.6. The molecule has 0 unspecified atom stereocenters. The molecular weight excluding hydrogens is 452 g/mol. The summed E-state index contributed by atoms with van der Waals surface area (Å²) < 4.78 is 25.5. The van der Waals surface area contributed by atoms with Crippen LogP contribution in [0.2, 0.25) is 5.02 Å². The molecule has 8 heteroatoms. The van der Waals surface area contributed by atoms with Gasteiger partial charge in [-0.25, -0.2) is 8.42 Å². The Morgan fingerprint density at radius 3 is 2.32 bits per heavy atom. The number of halogens is 1. The van der Waals surface area contributed by atoms with Crippen LogP contribution in [0.1, 0.15) is 11.1 Å². The Balaban J connectivity index is 1.66. The van der Waals surface area contributed by atoms with Gasteiger partial charge in [-0.15, -0.1) is 11.8 Å². The molecule has 0 fully saturated rings. The molecule has 0 aliphatic carbocycles. The number of amides is 1. The maximum absolute atomic E-state index is 12.6. The van der Waals surface area contributed by atoms with Gasteiger partial charge in [0, 0.05) is 21.4 Å². The molecule has 31 heavy (non-hydrogen) atoms. The molecule has 0 heterocycles. The second-order valence-corrected chi connectivity index (χ2v) is 10.4. The van der Waals surface area contributed by atoms with Gasteiger partial charge in [0.15, 0.2) is 0 Å². The molecule has 0 aliphatic heterocycles. The first-order chi connectivity index (χ1) is 14.7. The average Bonchev–Trinajstić information content (AvgIpc) is 2.73. The molecule has 0 aliphatic rings. The van der Waals surface area contributed by atoms with Crippen LogP contribution in [-0.2, 0) is 20.6 Å². The minimum Gasteiger partial charge on any atom is -0.324 e. The monoisotopic (exact) mass is 474 g/mol. The van der Waals surface area contributed by atoms with Gasteiger partial charge >= 0.3 is 0 Å². The molecule has 3 aromatic carbocycles. The van der Waals surface area contributed by atoms with Crippen LogP contribution in [0.25, 0.3) is 0 Å². The van der Waals surface area contributed by atoms with Crippen molar-refractivity contribution in [3.8, 4) is 0 Å². The molecule has 1 N–H and O–H groups in total. The molecule has 0 saturated heterocycles. The standard InChI is InChI=1S/C23H23ClN2O3S2/c1-17-14-18(16-30-21-6-4-3-5-7-21)8-13-22(17)25-23(27)15-26(31(2,28)29)20-11-9-19(24)10-12-20/h3-14H,15-16H2,1-2H3,(H,25,27). The summed E-state index contributed by atoms with van der Waals surface area (Å²) in [5, 5.41) is 3.31. The maximum Gasteiger partial charge on any atom is 0.245 e. The Morgan fingerprint density at radius 1 is 1.03 bits per heavy atom. The van der Waals surface area contributed by atoms with E-state index in [4.69, 9.17) is 11.6 Å². The maximum atomic E-state index is 12.6. The van der Waals surface area contributed by atoms with E-state index in [1.54, 1.807) is 36.0 Å². The lowest BCUT2D eigenvalue weighted by atomic mass is 10.1. The highest BCUT2D eigenvalue weighted by molar-refractivity contribution is 7.98. The number of carbonyl (C=O) groups is 1. The lowest BCUT2D eigenvalue weighted by Gasteiger charge is -2.22. The summed E-state index contributed by atoms with van der Waals surface area (Å²) in [5.41, 5.74) is 3.09. The van der Waals surface area contributed by atoms with E-state index in [-0.39, 0.29) is 6.54 Å². The summed E-state index contributed by atoms with van der Waals surface area (Å²) in [6.45, 7) is 1.59. The number of rotatable bonds is 8. The topological polar surface area (TPSA) is 66.5 Å². The van der Waals surface area contributed by atoms with Crippen molar-refractivity contribution in [1.29, 1.82) is 0 Å². The summed E-state index contributed by atoms with van der Waals surface area (Å²) in [6.07, 6.45) is 1.07. The number of nitrogens with zero attached hydrogens (tertiary/aromatic N) is 1. The van der Waals surface area contributed by atoms with E-state index in [0.29, 0.717) is 16.4 Å². The first-order valence-corrected chi connectivity index (χ1v) is 12.7. The highest BCUT2D eigenvalue weighted by atomic mass is 35.5. The third kappa shape index (κ3) is 6.75. The molecule has 1 amide bonds. The van der Waals surface area contributed by atoms with Crippen molar-refractivity contribution in [3.63, 3.8) is 0 Å². The van der Waals surface area contributed by atoms with Crippen molar-refractivity contribution in [2.45, 2.75) is 17.6 Å². The van der Waals surface area contributed by atoms with Crippen molar-refractivity contribution in [1.82, 2.24) is 0 Å². The molecule has 0 radical (unpaired) electrons. The molecule has 5 nitrogen and oxygen atoms in total. The Kier molecular flexibility index (Phi) is 7.64. The average molecular weight is 475 g/mol. The number of hydrogen-bond acceptors (Lipinski definition) is 4.